The van der Waals surface area contributed by atoms with Crippen LogP contribution in [0.5, 0.6) is 11.5 Å². The van der Waals surface area contributed by atoms with E-state index in [0.717, 1.165) is 25.9 Å². The van der Waals surface area contributed by atoms with Gasteiger partial charge in [0.1, 0.15) is 6.61 Å². The molecule has 5 rings (SSSR count). The lowest BCUT2D eigenvalue weighted by Gasteiger charge is -2.16. The molecule has 2 fully saturated rings. The minimum absolute atomic E-state index is 0.160. The van der Waals surface area contributed by atoms with Crippen molar-refractivity contribution >= 4 is 65.8 Å². The molecule has 0 radical (unpaired) electrons. The molecule has 4 atom stereocenters. The predicted octanol–water partition coefficient (Wildman–Crippen LogP) is 6.09. The molecule has 1 saturated heterocycles. The number of carbonyl (C=O) groups excluding carboxylic acids is 2. The van der Waals surface area contributed by atoms with Crippen LogP contribution in [0.3, 0.4) is 0 Å². The Balaban J connectivity index is 1.35. The minimum atomic E-state index is -0.265. The van der Waals surface area contributed by atoms with Crippen LogP contribution in [0.1, 0.15) is 24.5 Å². The molecule has 34 heavy (non-hydrogen) atoms. The number of ether oxygens (including phenoxy) is 2. The second-order valence-corrected chi connectivity index (χ2v) is 11.1. The molecule has 2 aromatic rings. The van der Waals surface area contributed by atoms with Crippen LogP contribution >= 0.6 is 47.8 Å². The Morgan fingerprint density at radius 1 is 1.00 bits per heavy atom. The number of amides is 2. The number of fused-ring (bicyclic) bond motifs is 5. The fourth-order valence-electron chi connectivity index (χ4n) is 4.98. The van der Waals surface area contributed by atoms with Gasteiger partial charge in [-0.1, -0.05) is 50.1 Å². The molecular formula is C25H21Br3N2O4. The molecule has 0 unspecified atom stereocenters. The summed E-state index contributed by atoms with van der Waals surface area (Å²) in [5, 5.41) is 5.32. The highest BCUT2D eigenvalue weighted by Crippen LogP contribution is 2.52. The summed E-state index contributed by atoms with van der Waals surface area (Å²) in [4.78, 5) is 25.7. The topological polar surface area (TPSA) is 68.2 Å². The van der Waals surface area contributed by atoms with Crippen molar-refractivity contribution in [2.45, 2.75) is 20.0 Å². The quantitative estimate of drug-likeness (QED) is 0.206. The minimum Gasteiger partial charge on any atom is -0.490 e. The van der Waals surface area contributed by atoms with Crippen molar-refractivity contribution in [2.75, 3.05) is 6.61 Å². The molecule has 0 spiro atoms. The summed E-state index contributed by atoms with van der Waals surface area (Å²) in [6.45, 7) is 2.69. The number of rotatable bonds is 7. The van der Waals surface area contributed by atoms with E-state index < -0.39 is 0 Å². The van der Waals surface area contributed by atoms with Gasteiger partial charge >= 0.3 is 0 Å². The number of allylic oxidation sites excluding steroid dienone is 2. The Morgan fingerprint density at radius 3 is 2.35 bits per heavy atom. The summed E-state index contributed by atoms with van der Waals surface area (Å²) in [6.07, 6.45) is 6.56. The highest BCUT2D eigenvalue weighted by atomic mass is 79.9. The SMILES string of the molecule is CCOc1cc(C=NN2C(=O)[C@@H]3[C@H](C2=O)[C@H]2C=C[C@H]3C2)cc(Br)c1OCc1ccc(Br)cc1Br. The van der Waals surface area contributed by atoms with Gasteiger partial charge in [-0.25, -0.2) is 0 Å². The zero-order chi connectivity index (χ0) is 24.0. The Labute approximate surface area is 222 Å². The number of benzene rings is 2. The zero-order valence-corrected chi connectivity index (χ0v) is 23.0. The molecule has 1 heterocycles. The van der Waals surface area contributed by atoms with Crippen LogP contribution in [0.4, 0.5) is 0 Å². The van der Waals surface area contributed by atoms with Gasteiger partial charge in [-0.3, -0.25) is 9.59 Å². The number of halogens is 3. The number of imide groups is 1. The number of hydrazone groups is 1. The van der Waals surface area contributed by atoms with Crippen molar-refractivity contribution < 1.29 is 19.1 Å². The van der Waals surface area contributed by atoms with Crippen LogP contribution < -0.4 is 9.47 Å². The molecule has 0 N–H and O–H groups in total. The molecule has 3 aliphatic rings. The summed E-state index contributed by atoms with van der Waals surface area (Å²) < 4.78 is 14.5. The first-order valence-electron chi connectivity index (χ1n) is 11.0. The number of hydrogen-bond donors (Lipinski definition) is 0. The van der Waals surface area contributed by atoms with Gasteiger partial charge in [-0.2, -0.15) is 10.1 Å². The monoisotopic (exact) mass is 650 g/mol. The highest BCUT2D eigenvalue weighted by molar-refractivity contribution is 9.11. The van der Waals surface area contributed by atoms with Crippen molar-refractivity contribution in [3.8, 4) is 11.5 Å². The standard InChI is InChI=1S/C25H21Br3N2O4/c1-2-33-20-8-13(7-19(28)23(20)34-12-16-5-6-17(26)10-18(16)27)11-29-30-24(31)21-14-3-4-15(9-14)22(21)25(30)32/h3-8,10-11,14-15,21-22H,2,9,12H2,1H3/t14-,15-,21-,22+/m0/s1. The number of hydrogen-bond acceptors (Lipinski definition) is 5. The maximum Gasteiger partial charge on any atom is 0.254 e. The molecule has 2 aliphatic carbocycles. The highest BCUT2D eigenvalue weighted by Gasteiger charge is 2.59. The van der Waals surface area contributed by atoms with Crippen LogP contribution in [0, 0.1) is 23.7 Å². The summed E-state index contributed by atoms with van der Waals surface area (Å²) in [5.41, 5.74) is 1.68. The fourth-order valence-corrected chi connectivity index (χ4v) is 6.71. The second-order valence-electron chi connectivity index (χ2n) is 8.52. The van der Waals surface area contributed by atoms with Crippen LogP contribution in [-0.4, -0.2) is 29.6 Å². The Kier molecular flexibility index (Phi) is 6.70. The molecule has 6 nitrogen and oxygen atoms in total. The molecular weight excluding hydrogens is 632 g/mol. The van der Waals surface area contributed by atoms with Crippen LogP contribution in [-0.2, 0) is 16.2 Å². The lowest BCUT2D eigenvalue weighted by molar-refractivity contribution is -0.140. The Hall–Kier alpha value is -1.97. The van der Waals surface area contributed by atoms with Crippen molar-refractivity contribution in [1.29, 1.82) is 0 Å². The summed E-state index contributed by atoms with van der Waals surface area (Å²) in [7, 11) is 0. The smallest absolute Gasteiger partial charge is 0.254 e. The first-order valence-corrected chi connectivity index (χ1v) is 13.4. The van der Waals surface area contributed by atoms with Crippen LogP contribution in [0.2, 0.25) is 0 Å². The van der Waals surface area contributed by atoms with Gasteiger partial charge in [0.25, 0.3) is 11.8 Å². The van der Waals surface area contributed by atoms with Gasteiger partial charge in [-0.15, -0.1) is 0 Å². The van der Waals surface area contributed by atoms with Gasteiger partial charge in [0.05, 0.1) is 29.1 Å². The normalized spacial score (nSPS) is 25.0. The summed E-state index contributed by atoms with van der Waals surface area (Å²) in [6, 6.07) is 9.52. The van der Waals surface area contributed by atoms with E-state index in [1.165, 1.54) is 6.21 Å². The average Bonchev–Trinajstić information content (AvgIpc) is 3.47. The molecule has 2 bridgehead atoms. The van der Waals surface area contributed by atoms with Crippen molar-refractivity contribution in [3.63, 3.8) is 0 Å². The van der Waals surface area contributed by atoms with Gasteiger partial charge < -0.3 is 9.47 Å². The maximum atomic E-state index is 12.9. The van der Waals surface area contributed by atoms with Gasteiger partial charge in [0, 0.05) is 14.5 Å². The predicted molar refractivity (Wildman–Crippen MR) is 139 cm³/mol. The third-order valence-corrected chi connectivity index (χ3v) is 8.31. The lowest BCUT2D eigenvalue weighted by Crippen LogP contribution is -2.28. The van der Waals surface area contributed by atoms with Crippen molar-refractivity contribution in [1.82, 2.24) is 5.01 Å². The molecule has 9 heteroatoms. The number of carbonyl (C=O) groups is 2. The van der Waals surface area contributed by atoms with E-state index in [1.807, 2.05) is 31.2 Å². The molecule has 0 aromatic heterocycles. The Morgan fingerprint density at radius 2 is 1.71 bits per heavy atom. The third-order valence-electron chi connectivity index (χ3n) is 6.49. The van der Waals surface area contributed by atoms with E-state index in [0.29, 0.717) is 34.7 Å². The summed E-state index contributed by atoms with van der Waals surface area (Å²) >= 11 is 10.6. The van der Waals surface area contributed by atoms with E-state index in [1.54, 1.807) is 6.07 Å². The van der Waals surface area contributed by atoms with E-state index >= 15 is 0 Å². The third kappa shape index (κ3) is 4.27. The van der Waals surface area contributed by atoms with E-state index in [4.69, 9.17) is 9.47 Å². The molecule has 1 saturated carbocycles. The zero-order valence-electron chi connectivity index (χ0n) is 18.2. The van der Waals surface area contributed by atoms with Gasteiger partial charge in [-0.05, 0) is 70.9 Å². The van der Waals surface area contributed by atoms with Crippen LogP contribution in [0.15, 0.2) is 61.0 Å². The number of nitrogens with zero attached hydrogens (tertiary/aromatic N) is 2. The van der Waals surface area contributed by atoms with Crippen LogP contribution in [0.25, 0.3) is 0 Å². The van der Waals surface area contributed by atoms with E-state index in [-0.39, 0.29) is 35.5 Å². The molecule has 1 aliphatic heterocycles. The first-order chi connectivity index (χ1) is 16.4. The lowest BCUT2D eigenvalue weighted by atomic mass is 9.85. The van der Waals surface area contributed by atoms with E-state index in [9.17, 15) is 9.59 Å². The maximum absolute atomic E-state index is 12.9. The van der Waals surface area contributed by atoms with E-state index in [2.05, 4.69) is 65.0 Å². The fraction of sp³-hybridized carbons (Fsp3) is 0.320. The molecule has 2 aromatic carbocycles. The second kappa shape index (κ2) is 9.59. The summed E-state index contributed by atoms with van der Waals surface area (Å²) in [5.74, 6) is 0.502. The first kappa shape index (κ1) is 23.8. The molecule has 176 valence electrons. The van der Waals surface area contributed by atoms with Gasteiger partial charge in [0.2, 0.25) is 0 Å². The van der Waals surface area contributed by atoms with Crippen molar-refractivity contribution in [2.24, 2.45) is 28.8 Å². The van der Waals surface area contributed by atoms with Gasteiger partial charge in [0.15, 0.2) is 11.5 Å². The average molecular weight is 653 g/mol. The Bertz CT molecular complexity index is 1200. The largest absolute Gasteiger partial charge is 0.490 e. The molecule has 2 amide bonds. The van der Waals surface area contributed by atoms with Crippen molar-refractivity contribution in [3.05, 3.63) is 67.0 Å².